The molecule has 1 atom stereocenters. The molecule has 1 unspecified atom stereocenters. The third kappa shape index (κ3) is 2.64. The lowest BCUT2D eigenvalue weighted by molar-refractivity contribution is 0.137. The average Bonchev–Trinajstić information content (AvgIpc) is 3.30. The zero-order valence-electron chi connectivity index (χ0n) is 16.1. The lowest BCUT2D eigenvalue weighted by Gasteiger charge is -2.36. The SMILES string of the molecule is O=c1[nH]c2ccccc2n1C1CCN(C2Cc3c(Br)ccc4cccc2c34)CC1. The summed E-state index contributed by atoms with van der Waals surface area (Å²) in [7, 11) is 0. The van der Waals surface area contributed by atoms with Gasteiger partial charge in [0.05, 0.1) is 11.0 Å². The van der Waals surface area contributed by atoms with E-state index < -0.39 is 0 Å². The first kappa shape index (κ1) is 17.5. The maximum Gasteiger partial charge on any atom is 0.326 e. The molecule has 4 aromatic rings. The van der Waals surface area contributed by atoms with Crippen LogP contribution in [0.5, 0.6) is 0 Å². The number of benzene rings is 3. The van der Waals surface area contributed by atoms with E-state index >= 15 is 0 Å². The van der Waals surface area contributed by atoms with Gasteiger partial charge in [-0.15, -0.1) is 0 Å². The molecule has 3 aromatic carbocycles. The molecule has 0 radical (unpaired) electrons. The van der Waals surface area contributed by atoms with Gasteiger partial charge in [-0.2, -0.15) is 0 Å². The molecule has 0 amide bonds. The highest BCUT2D eigenvalue weighted by Crippen LogP contribution is 2.44. The number of aromatic amines is 1. The van der Waals surface area contributed by atoms with Gasteiger partial charge in [0, 0.05) is 29.6 Å². The van der Waals surface area contributed by atoms with Gasteiger partial charge >= 0.3 is 5.69 Å². The van der Waals surface area contributed by atoms with Gasteiger partial charge in [-0.3, -0.25) is 9.47 Å². The first-order valence-corrected chi connectivity index (χ1v) is 11.1. The quantitative estimate of drug-likeness (QED) is 0.459. The van der Waals surface area contributed by atoms with Crippen LogP contribution in [0, 0.1) is 0 Å². The van der Waals surface area contributed by atoms with E-state index in [4.69, 9.17) is 0 Å². The van der Waals surface area contributed by atoms with Crippen LogP contribution >= 0.6 is 15.9 Å². The van der Waals surface area contributed by atoms with Crippen molar-refractivity contribution in [3.05, 3.63) is 80.7 Å². The molecular formula is C24H22BrN3O. The Balaban J connectivity index is 1.28. The zero-order chi connectivity index (χ0) is 19.5. The number of hydrogen-bond acceptors (Lipinski definition) is 2. The van der Waals surface area contributed by atoms with Crippen molar-refractivity contribution in [2.24, 2.45) is 0 Å². The summed E-state index contributed by atoms with van der Waals surface area (Å²) in [5.74, 6) is 0. The second-order valence-corrected chi connectivity index (χ2v) is 9.13. The molecule has 2 aliphatic rings. The van der Waals surface area contributed by atoms with Crippen molar-refractivity contribution in [3.8, 4) is 0 Å². The summed E-state index contributed by atoms with van der Waals surface area (Å²) in [5, 5.41) is 2.77. The fourth-order valence-corrected chi connectivity index (χ4v) is 5.95. The summed E-state index contributed by atoms with van der Waals surface area (Å²) in [6.07, 6.45) is 3.08. The maximum atomic E-state index is 12.6. The smallest absolute Gasteiger partial charge is 0.306 e. The highest BCUT2D eigenvalue weighted by molar-refractivity contribution is 9.10. The minimum Gasteiger partial charge on any atom is -0.306 e. The van der Waals surface area contributed by atoms with Gasteiger partial charge in [-0.25, -0.2) is 4.79 Å². The third-order valence-electron chi connectivity index (χ3n) is 6.81. The standard InChI is InChI=1S/C24H22BrN3O/c25-19-9-8-15-4-3-5-17-22(14-18(19)23(15)17)27-12-10-16(11-13-27)28-21-7-2-1-6-20(21)26-24(28)29/h1-9,16,22H,10-14H2,(H,26,29). The van der Waals surface area contributed by atoms with Crippen molar-refractivity contribution >= 4 is 37.7 Å². The maximum absolute atomic E-state index is 12.6. The van der Waals surface area contributed by atoms with Gasteiger partial charge in [0.2, 0.25) is 0 Å². The van der Waals surface area contributed by atoms with Gasteiger partial charge in [0.25, 0.3) is 0 Å². The number of nitrogens with zero attached hydrogens (tertiary/aromatic N) is 2. The monoisotopic (exact) mass is 447 g/mol. The number of imidazole rings is 1. The summed E-state index contributed by atoms with van der Waals surface area (Å²) in [6.45, 7) is 2.03. The first-order chi connectivity index (χ1) is 14.2. The molecule has 0 spiro atoms. The van der Waals surface area contributed by atoms with Crippen LogP contribution in [0.3, 0.4) is 0 Å². The molecule has 5 heteroatoms. The average molecular weight is 448 g/mol. The number of rotatable bonds is 2. The predicted molar refractivity (Wildman–Crippen MR) is 120 cm³/mol. The number of nitrogens with one attached hydrogen (secondary N) is 1. The number of aromatic nitrogens is 2. The Morgan fingerprint density at radius 1 is 0.966 bits per heavy atom. The van der Waals surface area contributed by atoms with Crippen molar-refractivity contribution in [2.45, 2.75) is 31.3 Å². The van der Waals surface area contributed by atoms with Crippen LogP contribution in [-0.4, -0.2) is 27.5 Å². The van der Waals surface area contributed by atoms with Gasteiger partial charge in [0.1, 0.15) is 0 Å². The molecule has 1 fully saturated rings. The molecule has 1 saturated heterocycles. The Hall–Kier alpha value is -2.37. The number of halogens is 1. The fraction of sp³-hybridized carbons (Fsp3) is 0.292. The van der Waals surface area contributed by atoms with Gasteiger partial charge in [-0.05, 0) is 59.4 Å². The Labute approximate surface area is 177 Å². The topological polar surface area (TPSA) is 41.0 Å². The Morgan fingerprint density at radius 3 is 2.66 bits per heavy atom. The van der Waals surface area contributed by atoms with Crippen molar-refractivity contribution in [1.82, 2.24) is 14.5 Å². The number of para-hydroxylation sites is 2. The van der Waals surface area contributed by atoms with Crippen LogP contribution in [0.1, 0.15) is 36.1 Å². The molecule has 6 rings (SSSR count). The Bertz CT molecular complexity index is 1300. The second kappa shape index (κ2) is 6.57. The number of piperidine rings is 1. The Morgan fingerprint density at radius 2 is 1.79 bits per heavy atom. The first-order valence-electron chi connectivity index (χ1n) is 10.3. The minimum atomic E-state index is 0.0200. The lowest BCUT2D eigenvalue weighted by atomic mass is 9.99. The van der Waals surface area contributed by atoms with Crippen LogP contribution in [0.25, 0.3) is 21.8 Å². The van der Waals surface area contributed by atoms with Crippen LogP contribution in [0.4, 0.5) is 0 Å². The molecule has 2 heterocycles. The van der Waals surface area contributed by atoms with Crippen LogP contribution in [-0.2, 0) is 6.42 Å². The normalized spacial score (nSPS) is 20.1. The molecule has 1 aliphatic carbocycles. The second-order valence-electron chi connectivity index (χ2n) is 8.28. The summed E-state index contributed by atoms with van der Waals surface area (Å²) in [6, 6.07) is 19.8. The van der Waals surface area contributed by atoms with E-state index in [1.807, 2.05) is 28.8 Å². The molecular weight excluding hydrogens is 426 g/mol. The van der Waals surface area contributed by atoms with E-state index in [9.17, 15) is 4.79 Å². The van der Waals surface area contributed by atoms with E-state index in [0.717, 1.165) is 43.4 Å². The summed E-state index contributed by atoms with van der Waals surface area (Å²) in [5.41, 5.74) is 4.88. The van der Waals surface area contributed by atoms with E-state index in [1.165, 1.54) is 26.4 Å². The van der Waals surface area contributed by atoms with Crippen molar-refractivity contribution in [1.29, 1.82) is 0 Å². The molecule has 1 aromatic heterocycles. The predicted octanol–water partition coefficient (Wildman–Crippen LogP) is 5.18. The van der Waals surface area contributed by atoms with Crippen molar-refractivity contribution < 1.29 is 0 Å². The minimum absolute atomic E-state index is 0.0200. The van der Waals surface area contributed by atoms with E-state index in [2.05, 4.69) is 56.1 Å². The molecule has 146 valence electrons. The Kier molecular flexibility index (Phi) is 3.96. The summed E-state index contributed by atoms with van der Waals surface area (Å²) >= 11 is 3.77. The van der Waals surface area contributed by atoms with E-state index in [-0.39, 0.29) is 11.7 Å². The van der Waals surface area contributed by atoms with Gasteiger partial charge < -0.3 is 4.98 Å². The fourth-order valence-electron chi connectivity index (χ4n) is 5.46. The van der Waals surface area contributed by atoms with Crippen molar-refractivity contribution in [2.75, 3.05) is 13.1 Å². The number of likely N-dealkylation sites (tertiary alicyclic amines) is 1. The van der Waals surface area contributed by atoms with Gasteiger partial charge in [0.15, 0.2) is 0 Å². The molecule has 29 heavy (non-hydrogen) atoms. The highest BCUT2D eigenvalue weighted by Gasteiger charge is 2.33. The van der Waals surface area contributed by atoms with Crippen LogP contribution in [0.15, 0.2) is 63.9 Å². The zero-order valence-corrected chi connectivity index (χ0v) is 17.7. The van der Waals surface area contributed by atoms with Crippen LogP contribution in [0.2, 0.25) is 0 Å². The summed E-state index contributed by atoms with van der Waals surface area (Å²) in [4.78, 5) is 18.2. The molecule has 0 saturated carbocycles. The number of H-pyrrole nitrogens is 1. The van der Waals surface area contributed by atoms with Gasteiger partial charge in [-0.1, -0.05) is 52.3 Å². The van der Waals surface area contributed by atoms with E-state index in [0.29, 0.717) is 6.04 Å². The molecule has 4 nitrogen and oxygen atoms in total. The molecule has 0 bridgehead atoms. The number of fused-ring (bicyclic) bond motifs is 1. The molecule has 1 N–H and O–H groups in total. The van der Waals surface area contributed by atoms with Crippen molar-refractivity contribution in [3.63, 3.8) is 0 Å². The van der Waals surface area contributed by atoms with Crippen LogP contribution < -0.4 is 5.69 Å². The van der Waals surface area contributed by atoms with E-state index in [1.54, 1.807) is 0 Å². The summed E-state index contributed by atoms with van der Waals surface area (Å²) < 4.78 is 3.20. The largest absolute Gasteiger partial charge is 0.326 e. The third-order valence-corrected chi connectivity index (χ3v) is 7.56. The molecule has 1 aliphatic heterocycles. The lowest BCUT2D eigenvalue weighted by Crippen LogP contribution is -2.39. The number of hydrogen-bond donors (Lipinski definition) is 1. The highest BCUT2D eigenvalue weighted by atomic mass is 79.9.